The van der Waals surface area contributed by atoms with Gasteiger partial charge in [0.15, 0.2) is 0 Å². The molecule has 4 N–H and O–H groups in total. The van der Waals surface area contributed by atoms with Crippen LogP contribution in [0, 0.1) is 4.91 Å². The number of aliphatic hydroxyl groups excluding tert-OH is 1. The van der Waals surface area contributed by atoms with Crippen molar-refractivity contribution in [3.05, 3.63) is 40.3 Å². The smallest absolute Gasteiger partial charge is 0.481 e. The molecule has 32 heavy (non-hydrogen) atoms. The van der Waals surface area contributed by atoms with E-state index in [4.69, 9.17) is 9.57 Å². The van der Waals surface area contributed by atoms with Crippen molar-refractivity contribution in [1.29, 1.82) is 0 Å². The van der Waals surface area contributed by atoms with Crippen LogP contribution >= 0.6 is 0 Å². The average Bonchev–Trinajstić information content (AvgIpc) is 2.75. The molecule has 1 unspecified atom stereocenters. The number of sulfonamides is 1. The molecule has 16 heteroatoms. The van der Waals surface area contributed by atoms with Gasteiger partial charge in [0.25, 0.3) is 11.0 Å². The number of carbonyl (C=O) groups excluding carboxylic acids is 1. The van der Waals surface area contributed by atoms with Crippen LogP contribution in [0.25, 0.3) is 0 Å². The Kier molecular flexibility index (Phi) is 8.67. The number of hydroxylamine groups is 1. The maximum atomic E-state index is 12.7. The van der Waals surface area contributed by atoms with Gasteiger partial charge in [-0.25, -0.2) is 17.3 Å². The van der Waals surface area contributed by atoms with Gasteiger partial charge in [0, 0.05) is 13.6 Å². The summed E-state index contributed by atoms with van der Waals surface area (Å²) in [6, 6.07) is 4.04. The molecule has 0 aliphatic rings. The number of amides is 2. The Bertz CT molecular complexity index is 1140. The summed E-state index contributed by atoms with van der Waals surface area (Å²) in [5.41, 5.74) is 2.84. The summed E-state index contributed by atoms with van der Waals surface area (Å²) in [7, 11) is -3.32. The van der Waals surface area contributed by atoms with E-state index in [1.54, 1.807) is 0 Å². The number of nitrogens with zero attached hydrogens (tertiary/aromatic N) is 3. The summed E-state index contributed by atoms with van der Waals surface area (Å²) in [6.45, 7) is -0.717. The van der Waals surface area contributed by atoms with Crippen LogP contribution in [-0.4, -0.2) is 58.3 Å². The van der Waals surface area contributed by atoms with Crippen LogP contribution in [0.4, 0.5) is 10.7 Å². The zero-order valence-electron chi connectivity index (χ0n) is 17.2. The SMILES string of the molecule is CNOc1cc(OC)nc(NC(=O)[N+](=O)S(=O)c2cc(CNS(C)(=O)=O)ccc2CO)n1. The Morgan fingerprint density at radius 2 is 1.94 bits per heavy atom. The predicted molar refractivity (Wildman–Crippen MR) is 111 cm³/mol. The molecule has 0 spiro atoms. The Morgan fingerprint density at radius 1 is 1.25 bits per heavy atom. The summed E-state index contributed by atoms with van der Waals surface area (Å²) < 4.78 is 42.1. The van der Waals surface area contributed by atoms with Crippen molar-refractivity contribution in [2.45, 2.75) is 18.0 Å². The number of hydrogen-bond donors (Lipinski definition) is 4. The van der Waals surface area contributed by atoms with Crippen molar-refractivity contribution < 1.29 is 36.3 Å². The van der Waals surface area contributed by atoms with Gasteiger partial charge < -0.3 is 14.7 Å². The molecule has 0 saturated heterocycles. The van der Waals surface area contributed by atoms with Gasteiger partial charge in [0.1, 0.15) is 4.17 Å². The molecule has 14 nitrogen and oxygen atoms in total. The van der Waals surface area contributed by atoms with Crippen molar-refractivity contribution in [3.8, 4) is 11.8 Å². The van der Waals surface area contributed by atoms with Crippen LogP contribution in [0.2, 0.25) is 0 Å². The van der Waals surface area contributed by atoms with E-state index in [9.17, 15) is 27.4 Å². The molecular weight excluding hydrogens is 468 g/mol. The fraction of sp³-hybridized carbons (Fsp3) is 0.312. The molecule has 2 amide bonds. The van der Waals surface area contributed by atoms with Crippen molar-refractivity contribution in [3.63, 3.8) is 0 Å². The Balaban J connectivity index is 2.25. The molecule has 1 aromatic carbocycles. The third-order valence-electron chi connectivity index (χ3n) is 3.66. The summed E-state index contributed by atoms with van der Waals surface area (Å²) in [6.07, 6.45) is 0.964. The maximum absolute atomic E-state index is 12.7. The van der Waals surface area contributed by atoms with E-state index in [1.165, 1.54) is 38.4 Å². The van der Waals surface area contributed by atoms with Crippen LogP contribution in [0.15, 0.2) is 29.2 Å². The predicted octanol–water partition coefficient (Wildman–Crippen LogP) is -0.426. The van der Waals surface area contributed by atoms with Gasteiger partial charge in [-0.05, 0) is 22.1 Å². The number of aliphatic hydroxyl groups is 1. The van der Waals surface area contributed by atoms with E-state index in [1.807, 2.05) is 0 Å². The average molecular weight is 490 g/mol. The zero-order valence-corrected chi connectivity index (χ0v) is 18.8. The summed E-state index contributed by atoms with van der Waals surface area (Å²) in [5.74, 6) is -0.361. The minimum absolute atomic E-state index is 0.0211. The van der Waals surface area contributed by atoms with E-state index < -0.39 is 33.6 Å². The summed E-state index contributed by atoms with van der Waals surface area (Å²) in [5, 5.41) is 11.6. The first-order valence-corrected chi connectivity index (χ1v) is 11.7. The Morgan fingerprint density at radius 3 is 2.53 bits per heavy atom. The molecule has 0 fully saturated rings. The number of anilines is 1. The Hall–Kier alpha value is -3.05. The summed E-state index contributed by atoms with van der Waals surface area (Å²) in [4.78, 5) is 37.2. The van der Waals surface area contributed by atoms with Gasteiger partial charge in [0.05, 0.1) is 30.9 Å². The second-order valence-electron chi connectivity index (χ2n) is 6.01. The normalized spacial score (nSPS) is 12.1. The molecule has 2 aromatic rings. The van der Waals surface area contributed by atoms with E-state index in [0.717, 1.165) is 6.26 Å². The van der Waals surface area contributed by atoms with Gasteiger partial charge in [-0.15, -0.1) is 0 Å². The number of nitroso groups, excluding NO2 is 1. The van der Waals surface area contributed by atoms with Crippen LogP contribution < -0.4 is 25.1 Å². The first kappa shape index (κ1) is 25.2. The highest BCUT2D eigenvalue weighted by atomic mass is 32.2. The number of rotatable bonds is 10. The molecule has 1 aromatic heterocycles. The topological polar surface area (TPSA) is 189 Å². The highest BCUT2D eigenvalue weighted by molar-refractivity contribution is 7.88. The first-order chi connectivity index (χ1) is 15.1. The monoisotopic (exact) mass is 489 g/mol. The lowest BCUT2D eigenvalue weighted by molar-refractivity contribution is -0.264. The molecule has 0 bridgehead atoms. The summed E-state index contributed by atoms with van der Waals surface area (Å²) >= 11 is 0. The van der Waals surface area contributed by atoms with E-state index in [2.05, 4.69) is 25.5 Å². The number of methoxy groups -OCH3 is 1. The van der Waals surface area contributed by atoms with E-state index in [0.29, 0.717) is 5.56 Å². The Labute approximate surface area is 185 Å². The number of benzene rings is 1. The minimum Gasteiger partial charge on any atom is -0.481 e. The lowest BCUT2D eigenvalue weighted by Crippen LogP contribution is -2.28. The first-order valence-electron chi connectivity index (χ1n) is 8.72. The molecule has 0 aliphatic carbocycles. The quantitative estimate of drug-likeness (QED) is 0.250. The van der Waals surface area contributed by atoms with Gasteiger partial charge in [-0.2, -0.15) is 25.6 Å². The standard InChI is InChI=1S/C16H20N6O8S2/c1-17-30-14-7-13(29-2)19-15(20-14)21-16(24)22(25)31(26)12-6-10(4-5-11(12)9-23)8-18-32(3,27)28/h4-7,17-18,23H,8-9H2,1-3H3/p+1. The van der Waals surface area contributed by atoms with Crippen molar-refractivity contribution >= 4 is 33.0 Å². The lowest BCUT2D eigenvalue weighted by Gasteiger charge is -2.08. The third kappa shape index (κ3) is 6.99. The van der Waals surface area contributed by atoms with Gasteiger partial charge in [-0.1, -0.05) is 12.1 Å². The number of aromatic nitrogens is 2. The van der Waals surface area contributed by atoms with Crippen molar-refractivity contribution in [2.75, 3.05) is 25.7 Å². The van der Waals surface area contributed by atoms with Crippen LogP contribution in [0.5, 0.6) is 11.8 Å². The molecule has 0 aliphatic heterocycles. The fourth-order valence-corrected chi connectivity index (χ4v) is 3.66. The lowest BCUT2D eigenvalue weighted by atomic mass is 10.1. The van der Waals surface area contributed by atoms with Gasteiger partial charge >= 0.3 is 12.0 Å². The van der Waals surface area contributed by atoms with Crippen LogP contribution in [0.3, 0.4) is 0 Å². The fourth-order valence-electron chi connectivity index (χ4n) is 2.24. The number of nitrogens with one attached hydrogen (secondary N) is 3. The number of urea groups is 1. The second-order valence-corrected chi connectivity index (χ2v) is 9.11. The van der Waals surface area contributed by atoms with Gasteiger partial charge in [0.2, 0.25) is 21.8 Å². The molecule has 1 heterocycles. The maximum Gasteiger partial charge on any atom is 0.552 e. The zero-order chi connectivity index (χ0) is 23.9. The number of hydrogen-bond acceptors (Lipinski definition) is 11. The van der Waals surface area contributed by atoms with Crippen LogP contribution in [0.1, 0.15) is 11.1 Å². The van der Waals surface area contributed by atoms with E-state index >= 15 is 0 Å². The molecule has 1 atom stereocenters. The van der Waals surface area contributed by atoms with Gasteiger partial charge in [-0.3, -0.25) is 0 Å². The number of carbonyl (C=O) groups is 1. The molecule has 0 radical (unpaired) electrons. The molecular formula is C16H21N6O8S2+. The molecule has 2 rings (SSSR count). The highest BCUT2D eigenvalue weighted by Crippen LogP contribution is 2.20. The van der Waals surface area contributed by atoms with Crippen LogP contribution in [-0.2, 0) is 34.2 Å². The highest BCUT2D eigenvalue weighted by Gasteiger charge is 2.32. The second kappa shape index (κ2) is 11.0. The third-order valence-corrected chi connectivity index (χ3v) is 5.55. The molecule has 174 valence electrons. The number of ether oxygens (including phenoxy) is 1. The van der Waals surface area contributed by atoms with Crippen molar-refractivity contribution in [2.24, 2.45) is 0 Å². The molecule has 0 saturated carbocycles. The minimum atomic E-state index is -3.50. The largest absolute Gasteiger partial charge is 0.552 e. The van der Waals surface area contributed by atoms with E-state index in [-0.39, 0.29) is 38.9 Å². The van der Waals surface area contributed by atoms with Crippen molar-refractivity contribution in [1.82, 2.24) is 20.2 Å².